The molecule has 1 heterocycles. The first-order chi connectivity index (χ1) is 12.6. The molecule has 26 heavy (non-hydrogen) atoms. The van der Waals surface area contributed by atoms with Crippen LogP contribution in [0.25, 0.3) is 10.9 Å². The molecule has 6 nitrogen and oxygen atoms in total. The third kappa shape index (κ3) is 3.22. The first-order valence-corrected chi connectivity index (χ1v) is 8.48. The number of benzene rings is 2. The second kappa shape index (κ2) is 7.47. The van der Waals surface area contributed by atoms with Crippen LogP contribution in [0.5, 0.6) is 11.5 Å². The number of methoxy groups -OCH3 is 2. The lowest BCUT2D eigenvalue weighted by Crippen LogP contribution is -2.31. The molecule has 0 saturated heterocycles. The Morgan fingerprint density at radius 3 is 2.65 bits per heavy atom. The van der Waals surface area contributed by atoms with E-state index in [1.54, 1.807) is 18.9 Å². The van der Waals surface area contributed by atoms with Crippen molar-refractivity contribution in [3.63, 3.8) is 0 Å². The molecule has 3 rings (SSSR count). The lowest BCUT2D eigenvalue weighted by atomic mass is 10.1. The summed E-state index contributed by atoms with van der Waals surface area (Å²) in [5.41, 5.74) is 2.72. The summed E-state index contributed by atoms with van der Waals surface area (Å²) in [7, 11) is 3.18. The normalized spacial score (nSPS) is 12.0. The van der Waals surface area contributed by atoms with Crippen molar-refractivity contribution in [1.29, 1.82) is 0 Å². The number of aromatic nitrogens is 2. The molecule has 3 aromatic rings. The Hall–Kier alpha value is -3.02. The van der Waals surface area contributed by atoms with E-state index in [1.807, 2.05) is 56.3 Å². The second-order valence-corrected chi connectivity index (χ2v) is 6.09. The summed E-state index contributed by atoms with van der Waals surface area (Å²) >= 11 is 0. The number of ether oxygens (including phenoxy) is 2. The van der Waals surface area contributed by atoms with Crippen LogP contribution in [0.2, 0.25) is 0 Å². The van der Waals surface area contributed by atoms with Gasteiger partial charge in [-0.15, -0.1) is 0 Å². The van der Waals surface area contributed by atoms with Gasteiger partial charge in [0.25, 0.3) is 0 Å². The van der Waals surface area contributed by atoms with Crippen LogP contribution in [-0.4, -0.2) is 29.9 Å². The average molecular weight is 353 g/mol. The minimum absolute atomic E-state index is 0.108. The van der Waals surface area contributed by atoms with Crippen molar-refractivity contribution >= 4 is 16.8 Å². The molecule has 0 bridgehead atoms. The van der Waals surface area contributed by atoms with Crippen LogP contribution in [0.3, 0.4) is 0 Å². The summed E-state index contributed by atoms with van der Waals surface area (Å²) in [4.78, 5) is 12.7. The van der Waals surface area contributed by atoms with Crippen LogP contribution in [0.15, 0.2) is 42.5 Å². The van der Waals surface area contributed by atoms with E-state index in [1.165, 1.54) is 0 Å². The molecular formula is C20H23N3O3. The lowest BCUT2D eigenvalue weighted by molar-refractivity contribution is -0.124. The first-order valence-electron chi connectivity index (χ1n) is 8.48. The molecule has 1 unspecified atom stereocenters. The van der Waals surface area contributed by atoms with E-state index in [9.17, 15) is 4.79 Å². The van der Waals surface area contributed by atoms with Crippen molar-refractivity contribution in [2.75, 3.05) is 14.2 Å². The molecule has 1 amide bonds. The van der Waals surface area contributed by atoms with Gasteiger partial charge in [-0.3, -0.25) is 9.48 Å². The maximum absolute atomic E-state index is 12.7. The van der Waals surface area contributed by atoms with Gasteiger partial charge >= 0.3 is 0 Å². The zero-order chi connectivity index (χ0) is 18.7. The minimum atomic E-state index is -0.426. The molecule has 1 N–H and O–H groups in total. The maximum atomic E-state index is 12.7. The van der Waals surface area contributed by atoms with Crippen LogP contribution in [0, 0.1) is 6.92 Å². The van der Waals surface area contributed by atoms with Gasteiger partial charge in [-0.1, -0.05) is 30.3 Å². The molecule has 0 aliphatic rings. The van der Waals surface area contributed by atoms with E-state index >= 15 is 0 Å². The van der Waals surface area contributed by atoms with E-state index in [2.05, 4.69) is 10.4 Å². The van der Waals surface area contributed by atoms with E-state index < -0.39 is 6.04 Å². The lowest BCUT2D eigenvalue weighted by Gasteiger charge is -2.16. The van der Waals surface area contributed by atoms with Crippen molar-refractivity contribution in [1.82, 2.24) is 15.1 Å². The van der Waals surface area contributed by atoms with Crippen LogP contribution >= 0.6 is 0 Å². The summed E-state index contributed by atoms with van der Waals surface area (Å²) in [6, 6.07) is 13.1. The zero-order valence-electron chi connectivity index (χ0n) is 15.4. The fourth-order valence-corrected chi connectivity index (χ4v) is 3.08. The SMILES string of the molecule is COc1cccc(CNC(=O)C(C)n2nc(C)c3ccccc32)c1OC. The Balaban J connectivity index is 1.78. The molecule has 1 aromatic heterocycles. The number of carbonyl (C=O) groups excluding carboxylic acids is 1. The number of nitrogens with zero attached hydrogens (tertiary/aromatic N) is 2. The van der Waals surface area contributed by atoms with E-state index in [0.717, 1.165) is 22.2 Å². The third-order valence-corrected chi connectivity index (χ3v) is 4.48. The maximum Gasteiger partial charge on any atom is 0.244 e. The zero-order valence-corrected chi connectivity index (χ0v) is 15.4. The Labute approximate surface area is 152 Å². The number of fused-ring (bicyclic) bond motifs is 1. The van der Waals surface area contributed by atoms with Crippen LogP contribution in [0.4, 0.5) is 0 Å². The number of carbonyl (C=O) groups is 1. The predicted molar refractivity (Wildman–Crippen MR) is 101 cm³/mol. The first kappa shape index (κ1) is 17.8. The number of rotatable bonds is 6. The fraction of sp³-hybridized carbons (Fsp3) is 0.300. The van der Waals surface area contributed by atoms with E-state index in [4.69, 9.17) is 9.47 Å². The smallest absolute Gasteiger partial charge is 0.244 e. The van der Waals surface area contributed by atoms with Crippen molar-refractivity contribution in [3.05, 3.63) is 53.7 Å². The number of amides is 1. The van der Waals surface area contributed by atoms with Crippen molar-refractivity contribution in [2.24, 2.45) is 0 Å². The van der Waals surface area contributed by atoms with Gasteiger partial charge < -0.3 is 14.8 Å². The molecule has 0 radical (unpaired) electrons. The van der Waals surface area contributed by atoms with Gasteiger partial charge in [0.05, 0.1) is 25.4 Å². The Bertz CT molecular complexity index is 933. The van der Waals surface area contributed by atoms with Crippen molar-refractivity contribution in [3.8, 4) is 11.5 Å². The number of nitrogens with one attached hydrogen (secondary N) is 1. The number of hydrogen-bond donors (Lipinski definition) is 1. The van der Waals surface area contributed by atoms with E-state index in [-0.39, 0.29) is 5.91 Å². The minimum Gasteiger partial charge on any atom is -0.493 e. The highest BCUT2D eigenvalue weighted by molar-refractivity contribution is 5.86. The van der Waals surface area contributed by atoms with Crippen LogP contribution < -0.4 is 14.8 Å². The molecule has 6 heteroatoms. The molecular weight excluding hydrogens is 330 g/mol. The Morgan fingerprint density at radius 1 is 1.15 bits per heavy atom. The fourth-order valence-electron chi connectivity index (χ4n) is 3.08. The standard InChI is InChI=1S/C20H23N3O3/c1-13-16-9-5-6-10-17(16)23(22-13)14(2)20(24)21-12-15-8-7-11-18(25-3)19(15)26-4/h5-11,14H,12H2,1-4H3,(H,21,24). The Kier molecular flexibility index (Phi) is 5.11. The third-order valence-electron chi connectivity index (χ3n) is 4.48. The van der Waals surface area contributed by atoms with Gasteiger partial charge in [0, 0.05) is 17.5 Å². The number of aryl methyl sites for hydroxylation is 1. The molecule has 0 saturated carbocycles. The topological polar surface area (TPSA) is 65.4 Å². The summed E-state index contributed by atoms with van der Waals surface area (Å²) in [5.74, 6) is 1.16. The second-order valence-electron chi connectivity index (χ2n) is 6.09. The highest BCUT2D eigenvalue weighted by Gasteiger charge is 2.20. The molecule has 0 aliphatic carbocycles. The van der Waals surface area contributed by atoms with Gasteiger partial charge in [-0.05, 0) is 26.0 Å². The summed E-state index contributed by atoms with van der Waals surface area (Å²) in [5, 5.41) is 8.56. The molecule has 1 atom stereocenters. The molecule has 136 valence electrons. The predicted octanol–water partition coefficient (Wildman–Crippen LogP) is 3.24. The van der Waals surface area contributed by atoms with Crippen molar-refractivity contribution < 1.29 is 14.3 Å². The monoisotopic (exact) mass is 353 g/mol. The molecule has 0 spiro atoms. The molecule has 0 aliphatic heterocycles. The van der Waals surface area contributed by atoms with Crippen LogP contribution in [-0.2, 0) is 11.3 Å². The van der Waals surface area contributed by atoms with E-state index in [0.29, 0.717) is 18.0 Å². The summed E-state index contributed by atoms with van der Waals surface area (Å²) in [6.07, 6.45) is 0. The van der Waals surface area contributed by atoms with Gasteiger partial charge in [-0.2, -0.15) is 5.10 Å². The quantitative estimate of drug-likeness (QED) is 0.739. The summed E-state index contributed by atoms with van der Waals surface area (Å²) < 4.78 is 12.5. The molecule has 2 aromatic carbocycles. The van der Waals surface area contributed by atoms with Gasteiger partial charge in [0.2, 0.25) is 5.91 Å². The Morgan fingerprint density at radius 2 is 1.92 bits per heavy atom. The van der Waals surface area contributed by atoms with Crippen molar-refractivity contribution in [2.45, 2.75) is 26.4 Å². The number of para-hydroxylation sites is 2. The highest BCUT2D eigenvalue weighted by atomic mass is 16.5. The number of hydrogen-bond acceptors (Lipinski definition) is 4. The largest absolute Gasteiger partial charge is 0.493 e. The summed E-state index contributed by atoms with van der Waals surface area (Å²) in [6.45, 7) is 4.14. The molecule has 0 fully saturated rings. The average Bonchev–Trinajstić information content (AvgIpc) is 3.02. The van der Waals surface area contributed by atoms with Gasteiger partial charge in [0.1, 0.15) is 6.04 Å². The van der Waals surface area contributed by atoms with Gasteiger partial charge in [0.15, 0.2) is 11.5 Å². The van der Waals surface area contributed by atoms with Crippen LogP contribution in [0.1, 0.15) is 24.2 Å². The van der Waals surface area contributed by atoms with Gasteiger partial charge in [-0.25, -0.2) is 0 Å². The highest BCUT2D eigenvalue weighted by Crippen LogP contribution is 2.30.